The fraction of sp³-hybridized carbons (Fsp3) is 0.818. The van der Waals surface area contributed by atoms with Crippen molar-refractivity contribution in [3.05, 3.63) is 0 Å². The summed E-state index contributed by atoms with van der Waals surface area (Å²) in [5, 5.41) is 17.1. The molecule has 0 unspecified atom stereocenters. The number of aliphatic carboxylic acids is 2. The van der Waals surface area contributed by atoms with Crippen molar-refractivity contribution in [2.45, 2.75) is 51.5 Å². The van der Waals surface area contributed by atoms with Gasteiger partial charge in [0.05, 0.1) is 0 Å². The zero-order chi connectivity index (χ0) is 12.6. The van der Waals surface area contributed by atoms with Gasteiger partial charge in [0, 0.05) is 18.9 Å². The number of unbranched alkanes of at least 4 members (excludes halogenated alkanes) is 2. The highest BCUT2D eigenvalue weighted by Crippen LogP contribution is 2.17. The minimum absolute atomic E-state index is 0.0117. The van der Waals surface area contributed by atoms with Crippen LogP contribution >= 0.6 is 0 Å². The number of rotatable bonds is 9. The maximum Gasteiger partial charge on any atom is 0.303 e. The first kappa shape index (κ1) is 14.9. The lowest BCUT2D eigenvalue weighted by Crippen LogP contribution is -2.28. The summed E-state index contributed by atoms with van der Waals surface area (Å²) in [7, 11) is 0. The molecule has 0 aliphatic carbocycles. The molecule has 0 fully saturated rings. The molecular formula is C11H21NO4. The predicted molar refractivity (Wildman–Crippen MR) is 60.1 cm³/mol. The molecule has 0 aromatic rings. The molecule has 5 nitrogen and oxygen atoms in total. The van der Waals surface area contributed by atoms with Crippen LogP contribution in [0.5, 0.6) is 0 Å². The van der Waals surface area contributed by atoms with Crippen molar-refractivity contribution in [3.63, 3.8) is 0 Å². The quantitative estimate of drug-likeness (QED) is 0.521. The van der Waals surface area contributed by atoms with Crippen molar-refractivity contribution in [1.29, 1.82) is 0 Å². The van der Waals surface area contributed by atoms with E-state index in [0.29, 0.717) is 6.42 Å². The highest BCUT2D eigenvalue weighted by atomic mass is 16.4. The first-order valence-electron chi connectivity index (χ1n) is 5.62. The highest BCUT2D eigenvalue weighted by molar-refractivity contribution is 5.67. The van der Waals surface area contributed by atoms with Gasteiger partial charge in [-0.15, -0.1) is 0 Å². The molecule has 16 heavy (non-hydrogen) atoms. The van der Waals surface area contributed by atoms with Gasteiger partial charge in [-0.3, -0.25) is 9.59 Å². The highest BCUT2D eigenvalue weighted by Gasteiger charge is 2.16. The van der Waals surface area contributed by atoms with Gasteiger partial charge in [0.15, 0.2) is 0 Å². The summed E-state index contributed by atoms with van der Waals surface area (Å²) in [6, 6.07) is -0.129. The number of carbonyl (C=O) groups is 2. The van der Waals surface area contributed by atoms with Crippen molar-refractivity contribution in [2.24, 2.45) is 11.7 Å². The van der Waals surface area contributed by atoms with Crippen molar-refractivity contribution in [1.82, 2.24) is 0 Å². The van der Waals surface area contributed by atoms with Crippen molar-refractivity contribution in [2.75, 3.05) is 0 Å². The van der Waals surface area contributed by atoms with E-state index >= 15 is 0 Å². The zero-order valence-electron chi connectivity index (χ0n) is 9.69. The van der Waals surface area contributed by atoms with Crippen molar-refractivity contribution in [3.8, 4) is 0 Å². The Bertz CT molecular complexity index is 228. The van der Waals surface area contributed by atoms with Gasteiger partial charge in [-0.25, -0.2) is 0 Å². The normalized spacial score (nSPS) is 14.4. The van der Waals surface area contributed by atoms with Crippen LogP contribution in [0, 0.1) is 5.92 Å². The molecule has 0 bridgehead atoms. The average molecular weight is 231 g/mol. The molecule has 0 aliphatic rings. The lowest BCUT2D eigenvalue weighted by atomic mass is 9.92. The average Bonchev–Trinajstić information content (AvgIpc) is 2.14. The number of carboxylic acids is 2. The molecule has 0 radical (unpaired) electrons. The van der Waals surface area contributed by atoms with Gasteiger partial charge in [-0.2, -0.15) is 0 Å². The van der Waals surface area contributed by atoms with E-state index in [2.05, 4.69) is 0 Å². The Labute approximate surface area is 95.6 Å². The summed E-state index contributed by atoms with van der Waals surface area (Å²) in [4.78, 5) is 20.8. The van der Waals surface area contributed by atoms with Crippen LogP contribution < -0.4 is 5.73 Å². The molecule has 0 rings (SSSR count). The Morgan fingerprint density at radius 3 is 2.19 bits per heavy atom. The Hall–Kier alpha value is -1.10. The molecule has 0 saturated heterocycles. The van der Waals surface area contributed by atoms with Crippen LogP contribution in [0.1, 0.15) is 45.4 Å². The van der Waals surface area contributed by atoms with E-state index < -0.39 is 11.9 Å². The standard InChI is InChI=1S/C11H21NO4/c1-8(12)9(7-11(15)16)5-3-2-4-6-10(13)14/h8-9H,2-7,12H2,1H3,(H,13,14)(H,15,16)/t8-,9+/m0/s1. The van der Waals surface area contributed by atoms with Crippen LogP contribution in [0.3, 0.4) is 0 Å². The third-order valence-corrected chi connectivity index (χ3v) is 2.65. The smallest absolute Gasteiger partial charge is 0.303 e. The van der Waals surface area contributed by atoms with Gasteiger partial charge in [-0.1, -0.05) is 12.8 Å². The van der Waals surface area contributed by atoms with Gasteiger partial charge in [0.25, 0.3) is 0 Å². The molecule has 0 aromatic heterocycles. The molecule has 0 aromatic carbocycles. The van der Waals surface area contributed by atoms with Crippen LogP contribution in [-0.2, 0) is 9.59 Å². The van der Waals surface area contributed by atoms with E-state index in [1.807, 2.05) is 6.92 Å². The second-order valence-corrected chi connectivity index (χ2v) is 4.21. The molecule has 0 spiro atoms. The number of hydrogen-bond donors (Lipinski definition) is 3. The van der Waals surface area contributed by atoms with Gasteiger partial charge < -0.3 is 15.9 Å². The fourth-order valence-corrected chi connectivity index (χ4v) is 1.63. The minimum atomic E-state index is -0.826. The summed E-state index contributed by atoms with van der Waals surface area (Å²) in [5.41, 5.74) is 5.69. The summed E-state index contributed by atoms with van der Waals surface area (Å²) >= 11 is 0. The lowest BCUT2D eigenvalue weighted by Gasteiger charge is -2.18. The van der Waals surface area contributed by atoms with Crippen molar-refractivity contribution < 1.29 is 19.8 Å². The first-order valence-corrected chi connectivity index (χ1v) is 5.62. The second-order valence-electron chi connectivity index (χ2n) is 4.21. The molecule has 0 amide bonds. The number of hydrogen-bond acceptors (Lipinski definition) is 3. The number of nitrogens with two attached hydrogens (primary N) is 1. The van der Waals surface area contributed by atoms with Crippen LogP contribution in [-0.4, -0.2) is 28.2 Å². The van der Waals surface area contributed by atoms with Crippen LogP contribution in [0.25, 0.3) is 0 Å². The van der Waals surface area contributed by atoms with E-state index in [-0.39, 0.29) is 24.8 Å². The van der Waals surface area contributed by atoms with E-state index in [0.717, 1.165) is 19.3 Å². The number of carboxylic acid groups (broad SMARTS) is 2. The molecule has 5 heteroatoms. The molecule has 0 saturated carbocycles. The topological polar surface area (TPSA) is 101 Å². The predicted octanol–water partition coefficient (Wildman–Crippen LogP) is 1.46. The van der Waals surface area contributed by atoms with Crippen molar-refractivity contribution >= 4 is 11.9 Å². The summed E-state index contributed by atoms with van der Waals surface area (Å²) < 4.78 is 0. The fourth-order valence-electron chi connectivity index (χ4n) is 1.63. The van der Waals surface area contributed by atoms with E-state index in [1.54, 1.807) is 0 Å². The molecule has 0 heterocycles. The first-order chi connectivity index (χ1) is 7.43. The zero-order valence-corrected chi connectivity index (χ0v) is 9.69. The summed E-state index contributed by atoms with van der Waals surface area (Å²) in [6.45, 7) is 1.81. The SMILES string of the molecule is C[C@H](N)[C@H](CCCCCC(=O)O)CC(=O)O. The molecular weight excluding hydrogens is 210 g/mol. The van der Waals surface area contributed by atoms with Gasteiger partial charge >= 0.3 is 11.9 Å². The molecule has 94 valence electrons. The summed E-state index contributed by atoms with van der Waals surface area (Å²) in [6.07, 6.45) is 3.33. The Kier molecular flexibility index (Phi) is 7.54. The molecule has 0 aliphatic heterocycles. The second kappa shape index (κ2) is 8.10. The third kappa shape index (κ3) is 8.23. The van der Waals surface area contributed by atoms with Crippen LogP contribution in [0.15, 0.2) is 0 Å². The monoisotopic (exact) mass is 231 g/mol. The van der Waals surface area contributed by atoms with E-state index in [4.69, 9.17) is 15.9 Å². The maximum absolute atomic E-state index is 10.6. The Balaban J connectivity index is 3.68. The molecule has 2 atom stereocenters. The largest absolute Gasteiger partial charge is 0.481 e. The van der Waals surface area contributed by atoms with Gasteiger partial charge in [0.1, 0.15) is 0 Å². The Morgan fingerprint density at radius 1 is 1.12 bits per heavy atom. The molecule has 4 N–H and O–H groups in total. The van der Waals surface area contributed by atoms with E-state index in [9.17, 15) is 9.59 Å². The maximum atomic E-state index is 10.6. The lowest BCUT2D eigenvalue weighted by molar-refractivity contribution is -0.138. The minimum Gasteiger partial charge on any atom is -0.481 e. The van der Waals surface area contributed by atoms with Gasteiger partial charge in [-0.05, 0) is 25.7 Å². The van der Waals surface area contributed by atoms with E-state index in [1.165, 1.54) is 0 Å². The third-order valence-electron chi connectivity index (χ3n) is 2.65. The summed E-state index contributed by atoms with van der Waals surface area (Å²) in [5.74, 6) is -1.62. The van der Waals surface area contributed by atoms with Gasteiger partial charge in [0.2, 0.25) is 0 Å². The van der Waals surface area contributed by atoms with Crippen LogP contribution in [0.2, 0.25) is 0 Å². The Morgan fingerprint density at radius 2 is 1.75 bits per heavy atom. The van der Waals surface area contributed by atoms with Crippen LogP contribution in [0.4, 0.5) is 0 Å².